The molecule has 0 fully saturated rings. The minimum absolute atomic E-state index is 0. The minimum atomic E-state index is -0.0926. The zero-order valence-electron chi connectivity index (χ0n) is 13.6. The molecule has 126 valence electrons. The van der Waals surface area contributed by atoms with Gasteiger partial charge in [0.2, 0.25) is 5.91 Å². The fourth-order valence-electron chi connectivity index (χ4n) is 2.39. The van der Waals surface area contributed by atoms with Gasteiger partial charge in [0.15, 0.2) is 0 Å². The fourth-order valence-corrected chi connectivity index (χ4v) is 3.19. The van der Waals surface area contributed by atoms with E-state index in [0.717, 1.165) is 16.9 Å². The second kappa shape index (κ2) is 9.71. The molecule has 3 nitrogen and oxygen atoms in total. The van der Waals surface area contributed by atoms with Crippen molar-refractivity contribution >= 4 is 29.7 Å². The summed E-state index contributed by atoms with van der Waals surface area (Å²) in [5.41, 5.74) is 7.92. The Hall–Kier alpha value is -1.36. The Bertz CT molecular complexity index is 584. The summed E-state index contributed by atoms with van der Waals surface area (Å²) in [6.45, 7) is 4.80. The molecule has 0 aliphatic carbocycles. The molecule has 2 atom stereocenters. The van der Waals surface area contributed by atoms with E-state index in [9.17, 15) is 4.79 Å². The van der Waals surface area contributed by atoms with E-state index < -0.39 is 0 Å². The van der Waals surface area contributed by atoms with Crippen molar-refractivity contribution in [2.24, 2.45) is 5.73 Å². The Kier molecular flexibility index (Phi) is 8.31. The van der Waals surface area contributed by atoms with Gasteiger partial charge < -0.3 is 11.1 Å². The molecule has 2 rings (SSSR count). The van der Waals surface area contributed by atoms with E-state index >= 15 is 0 Å². The Balaban J connectivity index is 0.00000264. The van der Waals surface area contributed by atoms with Crippen LogP contribution in [0.25, 0.3) is 0 Å². The van der Waals surface area contributed by atoms with Gasteiger partial charge in [0, 0.05) is 17.8 Å². The quantitative estimate of drug-likeness (QED) is 0.783. The molecular formula is C18H25ClN2OS. The van der Waals surface area contributed by atoms with Crippen molar-refractivity contribution in [2.75, 3.05) is 6.54 Å². The van der Waals surface area contributed by atoms with Crippen LogP contribution in [0.5, 0.6) is 0 Å². The van der Waals surface area contributed by atoms with Gasteiger partial charge in [-0.2, -0.15) is 0 Å². The zero-order chi connectivity index (χ0) is 15.9. The average molecular weight is 353 g/mol. The predicted molar refractivity (Wildman–Crippen MR) is 100 cm³/mol. The topological polar surface area (TPSA) is 55.1 Å². The highest BCUT2D eigenvalue weighted by Gasteiger charge is 2.17. The van der Waals surface area contributed by atoms with E-state index in [1.165, 1.54) is 5.56 Å². The zero-order valence-corrected chi connectivity index (χ0v) is 15.3. The van der Waals surface area contributed by atoms with Crippen LogP contribution in [0.1, 0.15) is 54.7 Å². The van der Waals surface area contributed by atoms with Gasteiger partial charge in [0.25, 0.3) is 0 Å². The highest BCUT2D eigenvalue weighted by Crippen LogP contribution is 2.28. The molecule has 3 N–H and O–H groups in total. The minimum Gasteiger partial charge on any atom is -0.344 e. The Morgan fingerprint density at radius 3 is 2.39 bits per heavy atom. The molecule has 5 heteroatoms. The molecule has 1 heterocycles. The second-order valence-electron chi connectivity index (χ2n) is 5.53. The number of carbonyl (C=O) groups excluding carboxylic acids is 1. The van der Waals surface area contributed by atoms with E-state index in [1.807, 2.05) is 11.4 Å². The maximum atomic E-state index is 12.0. The average Bonchev–Trinajstić information content (AvgIpc) is 3.06. The van der Waals surface area contributed by atoms with Gasteiger partial charge >= 0.3 is 0 Å². The van der Waals surface area contributed by atoms with Crippen LogP contribution in [0.4, 0.5) is 0 Å². The first-order valence-corrected chi connectivity index (χ1v) is 8.66. The van der Waals surface area contributed by atoms with Crippen LogP contribution < -0.4 is 11.1 Å². The smallest absolute Gasteiger partial charge is 0.222 e. The molecule has 1 amide bonds. The molecule has 0 saturated carbocycles. The molecule has 0 radical (unpaired) electrons. The molecular weight excluding hydrogens is 328 g/mol. The van der Waals surface area contributed by atoms with Gasteiger partial charge in [-0.3, -0.25) is 4.79 Å². The van der Waals surface area contributed by atoms with Gasteiger partial charge in [-0.05, 0) is 34.9 Å². The summed E-state index contributed by atoms with van der Waals surface area (Å²) < 4.78 is 0. The number of nitrogens with one attached hydrogen (secondary N) is 1. The number of rotatable bonds is 7. The fraction of sp³-hybridized carbons (Fsp3) is 0.389. The van der Waals surface area contributed by atoms with E-state index in [-0.39, 0.29) is 24.4 Å². The summed E-state index contributed by atoms with van der Waals surface area (Å²) in [5, 5.41) is 5.12. The Labute approximate surface area is 148 Å². The van der Waals surface area contributed by atoms with E-state index in [0.29, 0.717) is 18.9 Å². The van der Waals surface area contributed by atoms with Gasteiger partial charge in [-0.1, -0.05) is 44.2 Å². The number of amides is 1. The van der Waals surface area contributed by atoms with E-state index in [2.05, 4.69) is 49.5 Å². The monoisotopic (exact) mass is 352 g/mol. The number of nitrogens with two attached hydrogens (primary N) is 1. The summed E-state index contributed by atoms with van der Waals surface area (Å²) >= 11 is 1.65. The summed E-state index contributed by atoms with van der Waals surface area (Å²) in [7, 11) is 0. The molecule has 0 spiro atoms. The van der Waals surface area contributed by atoms with Gasteiger partial charge in [0.1, 0.15) is 0 Å². The van der Waals surface area contributed by atoms with Crippen LogP contribution >= 0.6 is 23.7 Å². The number of hydrogen-bond acceptors (Lipinski definition) is 3. The molecule has 2 aromatic rings. The first kappa shape index (κ1) is 19.7. The molecule has 0 bridgehead atoms. The van der Waals surface area contributed by atoms with Crippen LogP contribution in [-0.4, -0.2) is 12.5 Å². The standard InChI is InChI=1S/C18H24N2OS.ClH/c1-3-13(2)14-6-8-15(9-7-14)18(16-5-4-12-22-16)20-17(21)10-11-19;/h4-9,12-13,18H,3,10-11,19H2,1-2H3,(H,20,21);1H. The highest BCUT2D eigenvalue weighted by molar-refractivity contribution is 7.10. The van der Waals surface area contributed by atoms with Crippen LogP contribution in [0.15, 0.2) is 41.8 Å². The summed E-state index contributed by atoms with van der Waals surface area (Å²) in [5.74, 6) is 0.549. The normalized spacial score (nSPS) is 13.0. The van der Waals surface area contributed by atoms with Crippen molar-refractivity contribution in [3.05, 3.63) is 57.8 Å². The van der Waals surface area contributed by atoms with Crippen molar-refractivity contribution in [2.45, 2.75) is 38.6 Å². The van der Waals surface area contributed by atoms with Gasteiger partial charge in [0.05, 0.1) is 6.04 Å². The lowest BCUT2D eigenvalue weighted by Gasteiger charge is -2.19. The third-order valence-electron chi connectivity index (χ3n) is 3.96. The number of thiophene rings is 1. The molecule has 0 aliphatic heterocycles. The number of benzene rings is 1. The number of carbonyl (C=O) groups is 1. The van der Waals surface area contributed by atoms with Crippen molar-refractivity contribution in [3.8, 4) is 0 Å². The van der Waals surface area contributed by atoms with Crippen molar-refractivity contribution in [1.29, 1.82) is 0 Å². The molecule has 1 aromatic carbocycles. The van der Waals surface area contributed by atoms with Crippen LogP contribution in [0.2, 0.25) is 0 Å². The summed E-state index contributed by atoms with van der Waals surface area (Å²) in [6.07, 6.45) is 1.48. The van der Waals surface area contributed by atoms with Gasteiger partial charge in [-0.15, -0.1) is 23.7 Å². The molecule has 0 saturated heterocycles. The lowest BCUT2D eigenvalue weighted by molar-refractivity contribution is -0.121. The summed E-state index contributed by atoms with van der Waals surface area (Å²) in [6, 6.07) is 12.5. The van der Waals surface area contributed by atoms with Gasteiger partial charge in [-0.25, -0.2) is 0 Å². The first-order chi connectivity index (χ1) is 10.7. The second-order valence-corrected chi connectivity index (χ2v) is 6.51. The maximum absolute atomic E-state index is 12.0. The third kappa shape index (κ3) is 5.34. The molecule has 0 aliphatic rings. The van der Waals surface area contributed by atoms with Crippen molar-refractivity contribution in [3.63, 3.8) is 0 Å². The van der Waals surface area contributed by atoms with Crippen LogP contribution in [-0.2, 0) is 4.79 Å². The van der Waals surface area contributed by atoms with Crippen LogP contribution in [0, 0.1) is 0 Å². The van der Waals surface area contributed by atoms with Crippen molar-refractivity contribution < 1.29 is 4.79 Å². The highest BCUT2D eigenvalue weighted by atomic mass is 35.5. The van der Waals surface area contributed by atoms with Crippen molar-refractivity contribution in [1.82, 2.24) is 5.32 Å². The third-order valence-corrected chi connectivity index (χ3v) is 4.89. The maximum Gasteiger partial charge on any atom is 0.222 e. The lowest BCUT2D eigenvalue weighted by Crippen LogP contribution is -2.30. The summed E-state index contributed by atoms with van der Waals surface area (Å²) in [4.78, 5) is 13.1. The lowest BCUT2D eigenvalue weighted by atomic mass is 9.95. The van der Waals surface area contributed by atoms with Crippen LogP contribution in [0.3, 0.4) is 0 Å². The van der Waals surface area contributed by atoms with E-state index in [4.69, 9.17) is 5.73 Å². The Morgan fingerprint density at radius 1 is 1.22 bits per heavy atom. The Morgan fingerprint density at radius 2 is 1.87 bits per heavy atom. The largest absolute Gasteiger partial charge is 0.344 e. The first-order valence-electron chi connectivity index (χ1n) is 7.78. The van der Waals surface area contributed by atoms with E-state index in [1.54, 1.807) is 11.3 Å². The molecule has 23 heavy (non-hydrogen) atoms. The number of halogens is 1. The molecule has 1 aromatic heterocycles. The molecule has 2 unspecified atom stereocenters. The predicted octanol–water partition coefficient (Wildman–Crippen LogP) is 4.24. The SMILES string of the molecule is CCC(C)c1ccc(C(NC(=O)CCN)c2cccs2)cc1.Cl. The number of hydrogen-bond donors (Lipinski definition) is 2.